The van der Waals surface area contributed by atoms with E-state index in [-0.39, 0.29) is 30.2 Å². The first kappa shape index (κ1) is 25.1. The van der Waals surface area contributed by atoms with Crippen LogP contribution in [0.1, 0.15) is 65.6 Å². The lowest BCUT2D eigenvalue weighted by atomic mass is 9.98. The largest absolute Gasteiger partial charge is 0.478 e. The second-order valence-corrected chi connectivity index (χ2v) is 8.28. The molecule has 1 heterocycles. The van der Waals surface area contributed by atoms with Gasteiger partial charge >= 0.3 is 11.9 Å². The van der Waals surface area contributed by atoms with Crippen molar-refractivity contribution in [3.8, 4) is 11.1 Å². The van der Waals surface area contributed by atoms with Crippen molar-refractivity contribution in [1.29, 1.82) is 0 Å². The Morgan fingerprint density at radius 2 is 1.71 bits per heavy atom. The van der Waals surface area contributed by atoms with Crippen LogP contribution in [0.25, 0.3) is 11.1 Å². The smallest absolute Gasteiger partial charge is 0.357 e. The van der Waals surface area contributed by atoms with Gasteiger partial charge in [-0.1, -0.05) is 42.5 Å². The van der Waals surface area contributed by atoms with Crippen LogP contribution in [0.15, 0.2) is 48.5 Å². The van der Waals surface area contributed by atoms with Crippen LogP contribution in [0.5, 0.6) is 0 Å². The standard InChI is InChI=1S/C26H30N2O6/c1-5-33-16-21-27-23(26(3,4)32)22(25(31)34-6-2)28(21)15-17-11-13-18(14-12-17)19-9-7-8-10-20(19)24(29)30/h7-14,32H,5-6,15-16H2,1-4H3,(H,29,30). The molecule has 180 valence electrons. The lowest BCUT2D eigenvalue weighted by Gasteiger charge is -2.17. The van der Waals surface area contributed by atoms with Gasteiger partial charge in [0.05, 0.1) is 12.2 Å². The van der Waals surface area contributed by atoms with Crippen molar-refractivity contribution in [2.75, 3.05) is 13.2 Å². The van der Waals surface area contributed by atoms with E-state index in [1.165, 1.54) is 0 Å². The topological polar surface area (TPSA) is 111 Å². The number of aromatic nitrogens is 2. The average molecular weight is 467 g/mol. The van der Waals surface area contributed by atoms with E-state index in [0.717, 1.165) is 11.1 Å². The number of hydrogen-bond acceptors (Lipinski definition) is 6. The number of rotatable bonds is 10. The second kappa shape index (κ2) is 10.6. The van der Waals surface area contributed by atoms with Gasteiger partial charge in [-0.25, -0.2) is 14.6 Å². The van der Waals surface area contributed by atoms with Crippen molar-refractivity contribution < 1.29 is 29.3 Å². The number of carbonyl (C=O) groups excluding carboxylic acids is 1. The quantitative estimate of drug-likeness (QED) is 0.430. The van der Waals surface area contributed by atoms with Crippen molar-refractivity contribution in [1.82, 2.24) is 9.55 Å². The Balaban J connectivity index is 2.03. The first-order valence-corrected chi connectivity index (χ1v) is 11.2. The van der Waals surface area contributed by atoms with E-state index in [9.17, 15) is 19.8 Å². The minimum atomic E-state index is -1.36. The molecule has 1 aromatic heterocycles. The Bertz CT molecular complexity index is 1160. The Morgan fingerprint density at radius 1 is 1.03 bits per heavy atom. The maximum absolute atomic E-state index is 12.9. The Labute approximate surface area is 198 Å². The summed E-state index contributed by atoms with van der Waals surface area (Å²) in [5.74, 6) is -1.05. The molecule has 0 saturated heterocycles. The molecule has 0 saturated carbocycles. The van der Waals surface area contributed by atoms with Crippen LogP contribution in [0.4, 0.5) is 0 Å². The summed E-state index contributed by atoms with van der Waals surface area (Å²) in [4.78, 5) is 29.0. The zero-order valence-corrected chi connectivity index (χ0v) is 19.9. The van der Waals surface area contributed by atoms with Gasteiger partial charge in [-0.15, -0.1) is 0 Å². The number of nitrogens with zero attached hydrogens (tertiary/aromatic N) is 2. The fourth-order valence-corrected chi connectivity index (χ4v) is 3.70. The van der Waals surface area contributed by atoms with Crippen LogP contribution in [-0.4, -0.2) is 44.9 Å². The molecule has 0 bridgehead atoms. The first-order chi connectivity index (χ1) is 16.2. The highest BCUT2D eigenvalue weighted by Gasteiger charge is 2.32. The maximum atomic E-state index is 12.9. The van der Waals surface area contributed by atoms with Gasteiger partial charge in [-0.3, -0.25) is 0 Å². The number of esters is 1. The minimum absolute atomic E-state index is 0.170. The Hall–Kier alpha value is -3.49. The van der Waals surface area contributed by atoms with Crippen molar-refractivity contribution in [2.45, 2.75) is 46.4 Å². The lowest BCUT2D eigenvalue weighted by Crippen LogP contribution is -2.23. The molecule has 2 N–H and O–H groups in total. The normalized spacial score (nSPS) is 11.4. The van der Waals surface area contributed by atoms with Crippen LogP contribution >= 0.6 is 0 Å². The predicted octanol–water partition coefficient (Wildman–Crippen LogP) is 4.24. The van der Waals surface area contributed by atoms with Gasteiger partial charge in [0.2, 0.25) is 0 Å². The van der Waals surface area contributed by atoms with Gasteiger partial charge in [-0.2, -0.15) is 0 Å². The monoisotopic (exact) mass is 466 g/mol. The van der Waals surface area contributed by atoms with E-state index in [2.05, 4.69) is 4.98 Å². The fourth-order valence-electron chi connectivity index (χ4n) is 3.70. The maximum Gasteiger partial charge on any atom is 0.357 e. The molecule has 34 heavy (non-hydrogen) atoms. The highest BCUT2D eigenvalue weighted by Crippen LogP contribution is 2.28. The summed E-state index contributed by atoms with van der Waals surface area (Å²) < 4.78 is 12.5. The van der Waals surface area contributed by atoms with Crippen molar-refractivity contribution in [3.05, 3.63) is 76.9 Å². The molecule has 0 aliphatic carbocycles. The number of imidazole rings is 1. The molecule has 0 unspecified atom stereocenters. The lowest BCUT2D eigenvalue weighted by molar-refractivity contribution is 0.0468. The molecule has 0 radical (unpaired) electrons. The number of ether oxygens (including phenoxy) is 2. The molecule has 3 aromatic rings. The van der Waals surface area contributed by atoms with Crippen LogP contribution in [-0.2, 0) is 28.2 Å². The molecule has 0 amide bonds. The molecule has 8 nitrogen and oxygen atoms in total. The highest BCUT2D eigenvalue weighted by molar-refractivity contribution is 5.96. The summed E-state index contributed by atoms with van der Waals surface area (Å²) in [5.41, 5.74) is 1.53. The van der Waals surface area contributed by atoms with Gasteiger partial charge in [0, 0.05) is 13.2 Å². The van der Waals surface area contributed by atoms with E-state index in [0.29, 0.717) is 24.5 Å². The summed E-state index contributed by atoms with van der Waals surface area (Å²) in [6.07, 6.45) is 0. The van der Waals surface area contributed by atoms with Crippen LogP contribution in [0.3, 0.4) is 0 Å². The van der Waals surface area contributed by atoms with Crippen molar-refractivity contribution in [3.63, 3.8) is 0 Å². The third kappa shape index (κ3) is 5.52. The van der Waals surface area contributed by atoms with Gasteiger partial charge in [0.25, 0.3) is 0 Å². The Morgan fingerprint density at radius 3 is 2.29 bits per heavy atom. The number of carboxylic acids is 1. The third-order valence-corrected chi connectivity index (χ3v) is 5.29. The number of benzene rings is 2. The zero-order chi connectivity index (χ0) is 24.9. The summed E-state index contributed by atoms with van der Waals surface area (Å²) in [5, 5.41) is 20.2. The van der Waals surface area contributed by atoms with Crippen molar-refractivity contribution >= 4 is 11.9 Å². The minimum Gasteiger partial charge on any atom is -0.478 e. The average Bonchev–Trinajstić information content (AvgIpc) is 3.17. The fraction of sp³-hybridized carbons (Fsp3) is 0.346. The summed E-state index contributed by atoms with van der Waals surface area (Å²) in [7, 11) is 0. The number of hydrogen-bond donors (Lipinski definition) is 2. The molecule has 0 fully saturated rings. The Kier molecular flexibility index (Phi) is 7.86. The molecule has 8 heteroatoms. The zero-order valence-electron chi connectivity index (χ0n) is 19.9. The van der Waals surface area contributed by atoms with E-state index >= 15 is 0 Å². The molecule has 0 spiro atoms. The van der Waals surface area contributed by atoms with E-state index in [1.54, 1.807) is 49.6 Å². The second-order valence-electron chi connectivity index (χ2n) is 8.28. The number of aliphatic hydroxyl groups is 1. The number of carboxylic acid groups (broad SMARTS) is 1. The first-order valence-electron chi connectivity index (χ1n) is 11.2. The summed E-state index contributed by atoms with van der Waals surface area (Å²) >= 11 is 0. The van der Waals surface area contributed by atoms with Crippen LogP contribution in [0, 0.1) is 0 Å². The highest BCUT2D eigenvalue weighted by atomic mass is 16.5. The van der Waals surface area contributed by atoms with E-state index in [4.69, 9.17) is 9.47 Å². The van der Waals surface area contributed by atoms with Gasteiger partial charge in [0.15, 0.2) is 5.69 Å². The summed E-state index contributed by atoms with van der Waals surface area (Å²) in [6.45, 7) is 7.85. The number of aromatic carboxylic acids is 1. The molecule has 0 aliphatic rings. The molecular weight excluding hydrogens is 436 g/mol. The van der Waals surface area contributed by atoms with Gasteiger partial charge in [0.1, 0.15) is 23.7 Å². The van der Waals surface area contributed by atoms with Gasteiger partial charge in [-0.05, 0) is 50.5 Å². The molecule has 0 aliphatic heterocycles. The van der Waals surface area contributed by atoms with Crippen LogP contribution in [0.2, 0.25) is 0 Å². The van der Waals surface area contributed by atoms with E-state index in [1.807, 2.05) is 31.2 Å². The van der Waals surface area contributed by atoms with E-state index < -0.39 is 17.5 Å². The van der Waals surface area contributed by atoms with Crippen molar-refractivity contribution in [2.24, 2.45) is 0 Å². The molecule has 3 rings (SSSR count). The number of carbonyl (C=O) groups is 2. The molecule has 2 aromatic carbocycles. The summed E-state index contributed by atoms with van der Waals surface area (Å²) in [6, 6.07) is 14.3. The molecule has 0 atom stereocenters. The van der Waals surface area contributed by atoms with Gasteiger partial charge < -0.3 is 24.3 Å². The van der Waals surface area contributed by atoms with Crippen LogP contribution < -0.4 is 0 Å². The SMILES string of the molecule is CCOCc1nc(C(C)(C)O)c(C(=O)OCC)n1Cc1ccc(-c2ccccc2C(=O)O)cc1. The predicted molar refractivity (Wildman–Crippen MR) is 127 cm³/mol. The molecular formula is C26H30N2O6. The third-order valence-electron chi connectivity index (χ3n) is 5.29.